The van der Waals surface area contributed by atoms with Crippen LogP contribution in [0.25, 0.3) is 0 Å². The number of aliphatic imine (C=N–C) groups is 1. The molecule has 0 saturated carbocycles. The molecule has 0 fully saturated rings. The van der Waals surface area contributed by atoms with Gasteiger partial charge in [-0.3, -0.25) is 0 Å². The molecule has 0 aliphatic heterocycles. The number of rotatable bonds is 2. The fourth-order valence-corrected chi connectivity index (χ4v) is 1.18. The number of thiocarbonyl (C=S) groups is 1. The molecule has 1 aromatic carbocycles. The van der Waals surface area contributed by atoms with Gasteiger partial charge >= 0.3 is 0 Å². The Morgan fingerprint density at radius 1 is 1.42 bits per heavy atom. The van der Waals surface area contributed by atoms with Crippen LogP contribution in [0.3, 0.4) is 0 Å². The maximum absolute atomic E-state index is 5.73. The maximum Gasteiger partial charge on any atom is 0.0824 e. The van der Waals surface area contributed by atoms with Gasteiger partial charge in [-0.15, -0.1) is 0 Å². The molecule has 62 valence electrons. The molecule has 0 radical (unpaired) electrons. The molecule has 1 nitrogen and oxygen atoms in total. The highest BCUT2D eigenvalue weighted by atomic mass is 35.5. The summed E-state index contributed by atoms with van der Waals surface area (Å²) in [5, 5.41) is 3.09. The fourth-order valence-electron chi connectivity index (χ4n) is 0.895. The molecule has 0 aliphatic rings. The third kappa shape index (κ3) is 2.42. The summed E-state index contributed by atoms with van der Waals surface area (Å²) in [4.78, 5) is 3.95. The first-order chi connectivity index (χ1) is 5.74. The van der Waals surface area contributed by atoms with Gasteiger partial charge in [-0.05, 0) is 36.8 Å². The molecule has 0 aliphatic carbocycles. The van der Waals surface area contributed by atoms with Crippen LogP contribution in [0.1, 0.15) is 18.5 Å². The van der Waals surface area contributed by atoms with Crippen LogP contribution in [-0.2, 0) is 0 Å². The van der Waals surface area contributed by atoms with Gasteiger partial charge < -0.3 is 0 Å². The lowest BCUT2D eigenvalue weighted by atomic mass is 10.1. The number of nitrogens with zero attached hydrogens (tertiary/aromatic N) is 1. The number of benzene rings is 1. The molecular formula is C9H8ClNS. The number of isothiocyanates is 1. The molecule has 0 amide bonds. The maximum atomic E-state index is 5.73. The van der Waals surface area contributed by atoms with Crippen molar-refractivity contribution < 1.29 is 0 Å². The second-order valence-corrected chi connectivity index (χ2v) is 3.07. The molecule has 0 bridgehead atoms. The van der Waals surface area contributed by atoms with Crippen LogP contribution in [0.2, 0.25) is 5.02 Å². The van der Waals surface area contributed by atoms with Crippen LogP contribution < -0.4 is 0 Å². The molecule has 0 N–H and O–H groups in total. The van der Waals surface area contributed by atoms with E-state index in [2.05, 4.69) is 22.4 Å². The molecule has 1 rings (SSSR count). The zero-order valence-electron chi connectivity index (χ0n) is 6.62. The van der Waals surface area contributed by atoms with Gasteiger partial charge in [0.25, 0.3) is 0 Å². The molecule has 0 aromatic heterocycles. The van der Waals surface area contributed by atoms with Gasteiger partial charge in [0.15, 0.2) is 0 Å². The van der Waals surface area contributed by atoms with Gasteiger partial charge in [-0.2, -0.15) is 0 Å². The molecule has 0 saturated heterocycles. The van der Waals surface area contributed by atoms with Crippen molar-refractivity contribution in [3.63, 3.8) is 0 Å². The Kier molecular flexibility index (Phi) is 3.42. The van der Waals surface area contributed by atoms with Gasteiger partial charge in [0.1, 0.15) is 0 Å². The summed E-state index contributed by atoms with van der Waals surface area (Å²) in [6.07, 6.45) is 0. The number of halogens is 1. The van der Waals surface area contributed by atoms with E-state index in [1.807, 2.05) is 31.2 Å². The second-order valence-electron chi connectivity index (χ2n) is 2.45. The number of hydrogen-bond donors (Lipinski definition) is 0. The van der Waals surface area contributed by atoms with Gasteiger partial charge in [0.2, 0.25) is 0 Å². The van der Waals surface area contributed by atoms with E-state index in [4.69, 9.17) is 11.6 Å². The Morgan fingerprint density at radius 2 is 2.00 bits per heavy atom. The molecule has 0 heterocycles. The van der Waals surface area contributed by atoms with Crippen LogP contribution in [0.15, 0.2) is 29.3 Å². The minimum absolute atomic E-state index is 0.0692. The fraction of sp³-hybridized carbons (Fsp3) is 0.222. The quantitative estimate of drug-likeness (QED) is 0.522. The minimum atomic E-state index is 0.0692. The van der Waals surface area contributed by atoms with Gasteiger partial charge in [-0.1, -0.05) is 23.7 Å². The van der Waals surface area contributed by atoms with E-state index >= 15 is 0 Å². The molecule has 0 spiro atoms. The molecule has 1 aromatic rings. The Bertz CT molecular complexity index is 301. The summed E-state index contributed by atoms with van der Waals surface area (Å²) in [6, 6.07) is 7.62. The van der Waals surface area contributed by atoms with Gasteiger partial charge in [0.05, 0.1) is 11.2 Å². The van der Waals surface area contributed by atoms with Crippen molar-refractivity contribution in [2.24, 2.45) is 4.99 Å². The van der Waals surface area contributed by atoms with Crippen molar-refractivity contribution in [2.45, 2.75) is 13.0 Å². The van der Waals surface area contributed by atoms with Crippen LogP contribution >= 0.6 is 23.8 Å². The predicted molar refractivity (Wildman–Crippen MR) is 54.9 cm³/mol. The van der Waals surface area contributed by atoms with E-state index < -0.39 is 0 Å². The zero-order chi connectivity index (χ0) is 8.97. The third-order valence-electron chi connectivity index (χ3n) is 1.60. The molecule has 1 unspecified atom stereocenters. The smallest absolute Gasteiger partial charge is 0.0824 e. The zero-order valence-corrected chi connectivity index (χ0v) is 8.19. The first kappa shape index (κ1) is 9.40. The normalized spacial score (nSPS) is 11.8. The Labute approximate surface area is 82.1 Å². The second kappa shape index (κ2) is 4.36. The summed E-state index contributed by atoms with van der Waals surface area (Å²) in [6.45, 7) is 1.96. The molecule has 1 atom stereocenters. The van der Waals surface area contributed by atoms with E-state index in [1.165, 1.54) is 0 Å². The average molecular weight is 198 g/mol. The van der Waals surface area contributed by atoms with Crippen LogP contribution in [-0.4, -0.2) is 5.16 Å². The van der Waals surface area contributed by atoms with E-state index in [-0.39, 0.29) is 6.04 Å². The van der Waals surface area contributed by atoms with E-state index in [0.29, 0.717) is 0 Å². The summed E-state index contributed by atoms with van der Waals surface area (Å²) in [5.41, 5.74) is 1.09. The standard InChI is InChI=1S/C9H8ClNS/c1-7(11-6-12)8-2-4-9(10)5-3-8/h2-5,7H,1H3. The van der Waals surface area contributed by atoms with Crippen LogP contribution in [0.4, 0.5) is 0 Å². The Hall–Kier alpha value is -0.690. The van der Waals surface area contributed by atoms with Crippen molar-refractivity contribution in [3.05, 3.63) is 34.9 Å². The van der Waals surface area contributed by atoms with Crippen LogP contribution in [0.5, 0.6) is 0 Å². The largest absolute Gasteiger partial charge is 0.225 e. The summed E-state index contributed by atoms with van der Waals surface area (Å²) in [5.74, 6) is 0. The lowest BCUT2D eigenvalue weighted by Crippen LogP contribution is -1.87. The van der Waals surface area contributed by atoms with Crippen molar-refractivity contribution >= 4 is 29.0 Å². The van der Waals surface area contributed by atoms with Gasteiger partial charge in [0, 0.05) is 5.02 Å². The topological polar surface area (TPSA) is 12.4 Å². The number of hydrogen-bond acceptors (Lipinski definition) is 2. The lowest BCUT2D eigenvalue weighted by molar-refractivity contribution is 0.828. The van der Waals surface area contributed by atoms with Crippen LogP contribution in [0, 0.1) is 0 Å². The molecule has 3 heteroatoms. The molecule has 12 heavy (non-hydrogen) atoms. The van der Waals surface area contributed by atoms with E-state index in [1.54, 1.807) is 0 Å². The highest BCUT2D eigenvalue weighted by Gasteiger charge is 2.00. The van der Waals surface area contributed by atoms with Gasteiger partial charge in [-0.25, -0.2) is 4.99 Å². The summed E-state index contributed by atoms with van der Waals surface area (Å²) in [7, 11) is 0. The van der Waals surface area contributed by atoms with Crippen molar-refractivity contribution in [1.29, 1.82) is 0 Å². The Morgan fingerprint density at radius 3 is 2.50 bits per heavy atom. The van der Waals surface area contributed by atoms with E-state index in [9.17, 15) is 0 Å². The Balaban J connectivity index is 2.89. The van der Waals surface area contributed by atoms with E-state index in [0.717, 1.165) is 10.6 Å². The predicted octanol–water partition coefficient (Wildman–Crippen LogP) is 3.50. The monoisotopic (exact) mass is 197 g/mol. The minimum Gasteiger partial charge on any atom is -0.225 e. The van der Waals surface area contributed by atoms with Crippen molar-refractivity contribution in [3.8, 4) is 0 Å². The first-order valence-corrected chi connectivity index (χ1v) is 4.35. The average Bonchev–Trinajstić information content (AvgIpc) is 2.06. The highest BCUT2D eigenvalue weighted by Crippen LogP contribution is 2.18. The lowest BCUT2D eigenvalue weighted by Gasteiger charge is -2.03. The summed E-state index contributed by atoms with van der Waals surface area (Å²) >= 11 is 10.2. The molecular weight excluding hydrogens is 190 g/mol. The summed E-state index contributed by atoms with van der Waals surface area (Å²) < 4.78 is 0. The van der Waals surface area contributed by atoms with Crippen molar-refractivity contribution in [1.82, 2.24) is 0 Å². The third-order valence-corrected chi connectivity index (χ3v) is 1.96. The SMILES string of the molecule is CC(N=C=S)c1ccc(Cl)cc1. The first-order valence-electron chi connectivity index (χ1n) is 3.56. The highest BCUT2D eigenvalue weighted by molar-refractivity contribution is 7.78. The van der Waals surface area contributed by atoms with Crippen molar-refractivity contribution in [2.75, 3.05) is 0 Å².